The summed E-state index contributed by atoms with van der Waals surface area (Å²) in [5.74, 6) is -0.521. The smallest absolute Gasteiger partial charge is 0.276 e. The summed E-state index contributed by atoms with van der Waals surface area (Å²) in [7, 11) is 0. The number of rotatable bonds is 5. The van der Waals surface area contributed by atoms with Gasteiger partial charge in [0, 0.05) is 43.3 Å². The summed E-state index contributed by atoms with van der Waals surface area (Å²) < 4.78 is 4.24. The van der Waals surface area contributed by atoms with Crippen molar-refractivity contribution in [1.29, 1.82) is 0 Å². The van der Waals surface area contributed by atoms with E-state index in [1.165, 1.54) is 6.92 Å². The van der Waals surface area contributed by atoms with Crippen molar-refractivity contribution >= 4 is 44.8 Å². The lowest BCUT2D eigenvalue weighted by Gasteiger charge is -2.05. The van der Waals surface area contributed by atoms with Gasteiger partial charge in [-0.1, -0.05) is 0 Å². The van der Waals surface area contributed by atoms with Crippen LogP contribution in [0.3, 0.4) is 0 Å². The normalized spacial score (nSPS) is 10.9. The number of hydrogen-bond acceptors (Lipinski definition) is 5. The molecule has 4 rings (SSSR count). The average Bonchev–Trinajstić information content (AvgIpc) is 3.32. The Kier molecular flexibility index (Phi) is 5.32. The molecule has 2 N–H and O–H groups in total. The Bertz CT molecular complexity index is 1240. The van der Waals surface area contributed by atoms with Crippen LogP contribution in [0, 0.1) is 0 Å². The molecule has 152 valence electrons. The topological polar surface area (TPSA) is 106 Å². The lowest BCUT2D eigenvalue weighted by molar-refractivity contribution is -0.114. The number of nitrogens with zero attached hydrogens (tertiary/aromatic N) is 5. The van der Waals surface area contributed by atoms with Crippen molar-refractivity contribution in [2.24, 2.45) is 0 Å². The van der Waals surface area contributed by atoms with Crippen molar-refractivity contribution in [2.75, 3.05) is 10.6 Å². The van der Waals surface area contributed by atoms with E-state index in [9.17, 15) is 9.59 Å². The second kappa shape index (κ2) is 8.07. The van der Waals surface area contributed by atoms with Crippen molar-refractivity contribution < 1.29 is 9.59 Å². The van der Waals surface area contributed by atoms with Gasteiger partial charge in [0.2, 0.25) is 5.91 Å². The van der Waals surface area contributed by atoms with Gasteiger partial charge in [0.25, 0.3) is 5.91 Å². The van der Waals surface area contributed by atoms with Crippen molar-refractivity contribution in [3.63, 3.8) is 0 Å². The molecule has 0 fully saturated rings. The van der Waals surface area contributed by atoms with Crippen LogP contribution in [0.25, 0.3) is 17.0 Å². The summed E-state index contributed by atoms with van der Waals surface area (Å²) in [5.41, 5.74) is 3.44. The van der Waals surface area contributed by atoms with E-state index in [2.05, 4.69) is 41.7 Å². The fourth-order valence-electron chi connectivity index (χ4n) is 2.95. The minimum atomic E-state index is -0.364. The van der Waals surface area contributed by atoms with Gasteiger partial charge in [-0.25, -0.2) is 9.50 Å². The van der Waals surface area contributed by atoms with Crippen molar-refractivity contribution in [3.8, 4) is 11.4 Å². The van der Waals surface area contributed by atoms with Crippen molar-refractivity contribution in [3.05, 3.63) is 59.0 Å². The van der Waals surface area contributed by atoms with E-state index in [-0.39, 0.29) is 17.5 Å². The second-order valence-electron chi connectivity index (χ2n) is 6.52. The third-order valence-electron chi connectivity index (χ3n) is 4.34. The van der Waals surface area contributed by atoms with E-state index >= 15 is 0 Å². The van der Waals surface area contributed by atoms with Crippen molar-refractivity contribution in [1.82, 2.24) is 24.4 Å². The Hall–Kier alpha value is -3.53. The number of anilines is 2. The van der Waals surface area contributed by atoms with E-state index in [1.54, 1.807) is 47.1 Å². The van der Waals surface area contributed by atoms with Gasteiger partial charge in [-0.3, -0.25) is 14.3 Å². The Balaban J connectivity index is 1.61. The van der Waals surface area contributed by atoms with Gasteiger partial charge in [0.05, 0.1) is 10.2 Å². The van der Waals surface area contributed by atoms with Gasteiger partial charge in [-0.2, -0.15) is 10.2 Å². The Morgan fingerprint density at radius 3 is 2.40 bits per heavy atom. The molecule has 0 spiro atoms. The fourth-order valence-corrected chi connectivity index (χ4v) is 3.47. The molecule has 30 heavy (non-hydrogen) atoms. The predicted octanol–water partition coefficient (Wildman–Crippen LogP) is 3.59. The lowest BCUT2D eigenvalue weighted by Crippen LogP contribution is -2.13. The van der Waals surface area contributed by atoms with E-state index < -0.39 is 0 Å². The minimum absolute atomic E-state index is 0.157. The SMILES string of the molecule is CCn1cc(Br)c(-c2ccnc3cc(C(=O)Nc4ccc(NC(C)=O)cc4)nn23)n1. The fraction of sp³-hybridized carbons (Fsp3) is 0.150. The highest BCUT2D eigenvalue weighted by molar-refractivity contribution is 9.10. The highest BCUT2D eigenvalue weighted by atomic mass is 79.9. The number of aromatic nitrogens is 5. The number of fused-ring (bicyclic) bond motifs is 1. The molecule has 1 aromatic carbocycles. The molecule has 0 aliphatic heterocycles. The number of hydrogen-bond donors (Lipinski definition) is 2. The van der Waals surface area contributed by atoms with Crippen LogP contribution in [0.4, 0.5) is 11.4 Å². The standard InChI is InChI=1S/C20H18BrN7O2/c1-3-27-11-15(21)19(26-27)17-8-9-22-18-10-16(25-28(17)18)20(30)24-14-6-4-13(5-7-14)23-12(2)29/h4-11H,3H2,1-2H3,(H,23,29)(H,24,30). The third kappa shape index (κ3) is 3.94. The number of nitrogens with one attached hydrogen (secondary N) is 2. The highest BCUT2D eigenvalue weighted by Gasteiger charge is 2.17. The first-order valence-electron chi connectivity index (χ1n) is 9.21. The lowest BCUT2D eigenvalue weighted by atomic mass is 10.2. The van der Waals surface area contributed by atoms with Crippen LogP contribution in [0.1, 0.15) is 24.3 Å². The van der Waals surface area contributed by atoms with E-state index in [0.29, 0.717) is 22.7 Å². The van der Waals surface area contributed by atoms with Crippen LogP contribution in [0.15, 0.2) is 53.3 Å². The molecule has 0 aliphatic rings. The zero-order valence-corrected chi connectivity index (χ0v) is 17.8. The molecular weight excluding hydrogens is 450 g/mol. The molecule has 0 saturated heterocycles. The van der Waals surface area contributed by atoms with Crippen LogP contribution in [0.5, 0.6) is 0 Å². The van der Waals surface area contributed by atoms with Crippen LogP contribution in [-0.2, 0) is 11.3 Å². The van der Waals surface area contributed by atoms with Crippen LogP contribution in [-0.4, -0.2) is 36.2 Å². The zero-order valence-electron chi connectivity index (χ0n) is 16.3. The molecule has 0 saturated carbocycles. The number of benzene rings is 1. The zero-order chi connectivity index (χ0) is 21.3. The molecule has 2 amide bonds. The Labute approximate surface area is 180 Å². The number of carbonyl (C=O) groups excluding carboxylic acids is 2. The highest BCUT2D eigenvalue weighted by Crippen LogP contribution is 2.27. The Morgan fingerprint density at radius 2 is 1.77 bits per heavy atom. The van der Waals surface area contributed by atoms with Crippen LogP contribution in [0.2, 0.25) is 0 Å². The van der Waals surface area contributed by atoms with E-state index in [4.69, 9.17) is 0 Å². The summed E-state index contributed by atoms with van der Waals surface area (Å²) in [6, 6.07) is 10.3. The van der Waals surface area contributed by atoms with Gasteiger partial charge < -0.3 is 10.6 Å². The summed E-state index contributed by atoms with van der Waals surface area (Å²) in [6.07, 6.45) is 3.55. The van der Waals surface area contributed by atoms with E-state index in [1.807, 2.05) is 17.8 Å². The molecule has 0 bridgehead atoms. The molecule has 0 unspecified atom stereocenters. The quantitative estimate of drug-likeness (QED) is 0.466. The first-order chi connectivity index (χ1) is 14.4. The van der Waals surface area contributed by atoms with Gasteiger partial charge in [-0.05, 0) is 53.2 Å². The Morgan fingerprint density at radius 1 is 1.07 bits per heavy atom. The van der Waals surface area contributed by atoms with Crippen LogP contribution >= 0.6 is 15.9 Å². The second-order valence-corrected chi connectivity index (χ2v) is 7.38. The summed E-state index contributed by atoms with van der Waals surface area (Å²) in [4.78, 5) is 28.1. The number of carbonyl (C=O) groups is 2. The summed E-state index contributed by atoms with van der Waals surface area (Å²) in [6.45, 7) is 4.18. The van der Waals surface area contributed by atoms with Gasteiger partial charge in [-0.15, -0.1) is 0 Å². The van der Waals surface area contributed by atoms with E-state index in [0.717, 1.165) is 16.7 Å². The molecule has 9 nitrogen and oxygen atoms in total. The first kappa shape index (κ1) is 19.8. The molecule has 0 aliphatic carbocycles. The average molecular weight is 468 g/mol. The molecule has 0 atom stereocenters. The number of amides is 2. The molecule has 0 radical (unpaired) electrons. The predicted molar refractivity (Wildman–Crippen MR) is 116 cm³/mol. The monoisotopic (exact) mass is 467 g/mol. The number of halogens is 1. The maximum absolute atomic E-state index is 12.7. The van der Waals surface area contributed by atoms with Crippen LogP contribution < -0.4 is 10.6 Å². The minimum Gasteiger partial charge on any atom is -0.326 e. The maximum atomic E-state index is 12.7. The molecular formula is C20H18BrN7O2. The molecule has 3 heterocycles. The van der Waals surface area contributed by atoms with Gasteiger partial charge >= 0.3 is 0 Å². The summed E-state index contributed by atoms with van der Waals surface area (Å²) in [5, 5.41) is 14.5. The molecule has 10 heteroatoms. The van der Waals surface area contributed by atoms with Gasteiger partial charge in [0.1, 0.15) is 5.69 Å². The number of aryl methyl sites for hydroxylation is 1. The molecule has 4 aromatic rings. The first-order valence-corrected chi connectivity index (χ1v) is 10.0. The third-order valence-corrected chi connectivity index (χ3v) is 4.92. The van der Waals surface area contributed by atoms with Crippen molar-refractivity contribution in [2.45, 2.75) is 20.4 Å². The largest absolute Gasteiger partial charge is 0.326 e. The molecule has 3 aromatic heterocycles. The van der Waals surface area contributed by atoms with Gasteiger partial charge in [0.15, 0.2) is 11.3 Å². The summed E-state index contributed by atoms with van der Waals surface area (Å²) >= 11 is 3.53. The maximum Gasteiger partial charge on any atom is 0.276 e.